The first-order valence-corrected chi connectivity index (χ1v) is 5.58. The van der Waals surface area contributed by atoms with Gasteiger partial charge in [-0.05, 0) is 17.7 Å². The van der Waals surface area contributed by atoms with E-state index in [0.29, 0.717) is 21.5 Å². The number of H-pyrrole nitrogens is 1. The number of aromatic nitrogens is 1. The molecule has 18 heavy (non-hydrogen) atoms. The molecule has 6 heteroatoms. The average Bonchev–Trinajstić information content (AvgIpc) is 2.70. The number of aromatic amines is 1. The second kappa shape index (κ2) is 4.70. The second-order valence-electron chi connectivity index (χ2n) is 3.90. The first kappa shape index (κ1) is 12.4. The van der Waals surface area contributed by atoms with Crippen LogP contribution in [0.25, 0.3) is 10.9 Å². The number of carboxylic acid groups (broad SMARTS) is 2. The summed E-state index contributed by atoms with van der Waals surface area (Å²) in [6, 6.07) is 5.13. The smallest absolute Gasteiger partial charge is 0.311 e. The lowest BCUT2D eigenvalue weighted by Gasteiger charge is -2.09. The maximum absolute atomic E-state index is 11.2. The van der Waals surface area contributed by atoms with Gasteiger partial charge in [-0.15, -0.1) is 0 Å². The van der Waals surface area contributed by atoms with Crippen LogP contribution in [0, 0.1) is 0 Å². The normalized spacial score (nSPS) is 12.5. The van der Waals surface area contributed by atoms with Crippen molar-refractivity contribution in [2.45, 2.75) is 12.3 Å². The zero-order chi connectivity index (χ0) is 13.3. The van der Waals surface area contributed by atoms with Crippen molar-refractivity contribution < 1.29 is 19.8 Å². The maximum Gasteiger partial charge on any atom is 0.311 e. The molecule has 0 aliphatic rings. The molecule has 1 aromatic heterocycles. The van der Waals surface area contributed by atoms with Gasteiger partial charge >= 0.3 is 11.9 Å². The van der Waals surface area contributed by atoms with Crippen molar-refractivity contribution >= 4 is 34.4 Å². The van der Waals surface area contributed by atoms with Crippen LogP contribution in [-0.2, 0) is 9.59 Å². The molecule has 0 spiro atoms. The highest BCUT2D eigenvalue weighted by Gasteiger charge is 2.26. The van der Waals surface area contributed by atoms with Crippen molar-refractivity contribution in [3.05, 3.63) is 35.0 Å². The standard InChI is InChI=1S/C12H10ClNO4/c13-8-2-1-3-9-11(8)7(5-14-9)6(12(17)18)4-10(15)16/h1-3,5-6,14H,4H2,(H,15,16)(H,17,18). The lowest BCUT2D eigenvalue weighted by atomic mass is 9.95. The predicted octanol–water partition coefficient (Wildman–Crippen LogP) is 2.46. The van der Waals surface area contributed by atoms with Crippen molar-refractivity contribution in [1.82, 2.24) is 4.98 Å². The number of fused-ring (bicyclic) bond motifs is 1. The number of aliphatic carboxylic acids is 2. The minimum Gasteiger partial charge on any atom is -0.481 e. The van der Waals surface area contributed by atoms with Gasteiger partial charge in [0.1, 0.15) is 0 Å². The van der Waals surface area contributed by atoms with Crippen molar-refractivity contribution in [1.29, 1.82) is 0 Å². The topological polar surface area (TPSA) is 90.4 Å². The highest BCUT2D eigenvalue weighted by atomic mass is 35.5. The van der Waals surface area contributed by atoms with Gasteiger partial charge in [0.25, 0.3) is 0 Å². The third-order valence-electron chi connectivity index (χ3n) is 2.74. The summed E-state index contributed by atoms with van der Waals surface area (Å²) in [5.74, 6) is -3.46. The summed E-state index contributed by atoms with van der Waals surface area (Å²) in [4.78, 5) is 24.8. The molecule has 0 bridgehead atoms. The van der Waals surface area contributed by atoms with Gasteiger partial charge in [0.15, 0.2) is 0 Å². The molecule has 5 nitrogen and oxygen atoms in total. The van der Waals surface area contributed by atoms with E-state index in [0.717, 1.165) is 0 Å². The van der Waals surface area contributed by atoms with E-state index in [4.69, 9.17) is 21.8 Å². The lowest BCUT2D eigenvalue weighted by Crippen LogP contribution is -2.15. The number of benzene rings is 1. The Kier molecular flexibility index (Phi) is 3.25. The fourth-order valence-electron chi connectivity index (χ4n) is 1.95. The van der Waals surface area contributed by atoms with Crippen LogP contribution in [-0.4, -0.2) is 27.1 Å². The second-order valence-corrected chi connectivity index (χ2v) is 4.30. The predicted molar refractivity (Wildman–Crippen MR) is 65.9 cm³/mol. The van der Waals surface area contributed by atoms with Crippen molar-refractivity contribution in [2.24, 2.45) is 0 Å². The van der Waals surface area contributed by atoms with E-state index in [1.807, 2.05) is 0 Å². The Bertz CT molecular complexity index is 620. The first-order valence-electron chi connectivity index (χ1n) is 5.20. The van der Waals surface area contributed by atoms with Gasteiger partial charge < -0.3 is 15.2 Å². The summed E-state index contributed by atoms with van der Waals surface area (Å²) < 4.78 is 0. The summed E-state index contributed by atoms with van der Waals surface area (Å²) >= 11 is 6.03. The summed E-state index contributed by atoms with van der Waals surface area (Å²) in [6.07, 6.45) is 1.02. The van der Waals surface area contributed by atoms with Crippen molar-refractivity contribution in [3.8, 4) is 0 Å². The van der Waals surface area contributed by atoms with Crippen LogP contribution in [0.3, 0.4) is 0 Å². The average molecular weight is 268 g/mol. The third kappa shape index (κ3) is 2.17. The van der Waals surface area contributed by atoms with Gasteiger partial charge in [-0.25, -0.2) is 0 Å². The van der Waals surface area contributed by atoms with Crippen molar-refractivity contribution in [2.75, 3.05) is 0 Å². The van der Waals surface area contributed by atoms with E-state index in [1.54, 1.807) is 18.2 Å². The quantitative estimate of drug-likeness (QED) is 0.794. The van der Waals surface area contributed by atoms with Gasteiger partial charge in [-0.2, -0.15) is 0 Å². The number of halogens is 1. The highest BCUT2D eigenvalue weighted by Crippen LogP contribution is 2.33. The molecule has 1 unspecified atom stereocenters. The van der Waals surface area contributed by atoms with Crippen LogP contribution < -0.4 is 0 Å². The monoisotopic (exact) mass is 267 g/mol. The van der Waals surface area contributed by atoms with Crippen LogP contribution in [0.1, 0.15) is 17.9 Å². The Morgan fingerprint density at radius 1 is 1.33 bits per heavy atom. The highest BCUT2D eigenvalue weighted by molar-refractivity contribution is 6.35. The minimum atomic E-state index is -1.18. The maximum atomic E-state index is 11.2. The van der Waals surface area contributed by atoms with Crippen LogP contribution in [0.4, 0.5) is 0 Å². The molecule has 0 fully saturated rings. The molecular weight excluding hydrogens is 258 g/mol. The van der Waals surface area contributed by atoms with Crippen LogP contribution in [0.2, 0.25) is 5.02 Å². The molecule has 0 radical (unpaired) electrons. The molecule has 1 aromatic carbocycles. The summed E-state index contributed by atoms with van der Waals surface area (Å²) in [6.45, 7) is 0. The molecule has 1 heterocycles. The molecular formula is C12H10ClNO4. The van der Waals surface area contributed by atoms with E-state index in [-0.39, 0.29) is 0 Å². The molecule has 0 amide bonds. The zero-order valence-electron chi connectivity index (χ0n) is 9.18. The molecule has 0 saturated carbocycles. The van der Waals surface area contributed by atoms with Gasteiger partial charge in [0.2, 0.25) is 0 Å². The number of hydrogen-bond donors (Lipinski definition) is 3. The molecule has 0 aliphatic heterocycles. The third-order valence-corrected chi connectivity index (χ3v) is 3.05. The summed E-state index contributed by atoms with van der Waals surface area (Å²) in [5, 5.41) is 18.9. The molecule has 2 rings (SSSR count). The molecule has 0 aliphatic carbocycles. The Labute approximate surface area is 107 Å². The van der Waals surface area contributed by atoms with Crippen LogP contribution in [0.15, 0.2) is 24.4 Å². The number of hydrogen-bond acceptors (Lipinski definition) is 2. The number of carbonyl (C=O) groups is 2. The molecule has 0 saturated heterocycles. The van der Waals surface area contributed by atoms with E-state index >= 15 is 0 Å². The largest absolute Gasteiger partial charge is 0.481 e. The van der Waals surface area contributed by atoms with Gasteiger partial charge in [-0.1, -0.05) is 17.7 Å². The fourth-order valence-corrected chi connectivity index (χ4v) is 2.23. The molecule has 3 N–H and O–H groups in total. The fraction of sp³-hybridized carbons (Fsp3) is 0.167. The Balaban J connectivity index is 2.57. The number of rotatable bonds is 4. The zero-order valence-corrected chi connectivity index (χ0v) is 9.94. The SMILES string of the molecule is O=C(O)CC(C(=O)O)c1c[nH]c2cccc(Cl)c12. The number of nitrogens with one attached hydrogen (secondary N) is 1. The van der Waals surface area contributed by atoms with Gasteiger partial charge in [0.05, 0.1) is 17.4 Å². The Morgan fingerprint density at radius 2 is 2.06 bits per heavy atom. The summed E-state index contributed by atoms with van der Waals surface area (Å²) in [7, 11) is 0. The Morgan fingerprint density at radius 3 is 2.67 bits per heavy atom. The van der Waals surface area contributed by atoms with Gasteiger partial charge in [0, 0.05) is 17.1 Å². The van der Waals surface area contributed by atoms with Crippen molar-refractivity contribution in [3.63, 3.8) is 0 Å². The first-order chi connectivity index (χ1) is 8.50. The van der Waals surface area contributed by atoms with Crippen LogP contribution in [0.5, 0.6) is 0 Å². The summed E-state index contributed by atoms with van der Waals surface area (Å²) in [5.41, 5.74) is 1.08. The Hall–Kier alpha value is -2.01. The van der Waals surface area contributed by atoms with E-state index in [1.165, 1.54) is 6.20 Å². The van der Waals surface area contributed by atoms with E-state index < -0.39 is 24.3 Å². The van der Waals surface area contributed by atoms with E-state index in [2.05, 4.69) is 4.98 Å². The lowest BCUT2D eigenvalue weighted by molar-refractivity contribution is -0.145. The molecule has 2 aromatic rings. The molecule has 94 valence electrons. The number of carboxylic acids is 2. The minimum absolute atomic E-state index is 0.394. The molecule has 1 atom stereocenters. The van der Waals surface area contributed by atoms with Crippen LogP contribution >= 0.6 is 11.6 Å². The van der Waals surface area contributed by atoms with Gasteiger partial charge in [-0.3, -0.25) is 9.59 Å². The van der Waals surface area contributed by atoms with E-state index in [9.17, 15) is 9.59 Å².